The van der Waals surface area contributed by atoms with Gasteiger partial charge in [-0.25, -0.2) is 9.59 Å². The van der Waals surface area contributed by atoms with Crippen LogP contribution in [0.5, 0.6) is 0 Å². The molecule has 2 N–H and O–H groups in total. The molecular formula is C10H18N2O4. The highest BCUT2D eigenvalue weighted by Gasteiger charge is 1.96. The summed E-state index contributed by atoms with van der Waals surface area (Å²) in [6.45, 7) is 4.98. The monoisotopic (exact) mass is 230 g/mol. The van der Waals surface area contributed by atoms with Crippen LogP contribution in [0.2, 0.25) is 0 Å². The Morgan fingerprint density at radius 1 is 0.938 bits per heavy atom. The molecule has 0 aliphatic heterocycles. The number of alkyl carbamates (subject to hydrolysis) is 2. The molecule has 0 atom stereocenters. The molecule has 0 saturated carbocycles. The first-order chi connectivity index (χ1) is 7.70. The maximum atomic E-state index is 10.8. The Morgan fingerprint density at radius 2 is 1.31 bits per heavy atom. The predicted molar refractivity (Wildman–Crippen MR) is 59.2 cm³/mol. The van der Waals surface area contributed by atoms with Gasteiger partial charge in [0, 0.05) is 13.1 Å². The molecule has 0 heterocycles. The summed E-state index contributed by atoms with van der Waals surface area (Å²) >= 11 is 0. The van der Waals surface area contributed by atoms with Crippen molar-refractivity contribution in [2.24, 2.45) is 0 Å². The van der Waals surface area contributed by atoms with Gasteiger partial charge in [0.2, 0.25) is 0 Å². The normalized spacial score (nSPS) is 9.88. The van der Waals surface area contributed by atoms with Gasteiger partial charge in [-0.3, -0.25) is 0 Å². The fourth-order valence-electron chi connectivity index (χ4n) is 0.774. The lowest BCUT2D eigenvalue weighted by Gasteiger charge is -2.02. The summed E-state index contributed by atoms with van der Waals surface area (Å²) in [6, 6.07) is 0. The maximum Gasteiger partial charge on any atom is 0.407 e. The van der Waals surface area contributed by atoms with E-state index in [-0.39, 0.29) is 13.2 Å². The number of rotatable bonds is 6. The van der Waals surface area contributed by atoms with E-state index in [9.17, 15) is 9.59 Å². The average Bonchev–Trinajstić information content (AvgIpc) is 2.24. The molecule has 0 aromatic rings. The quantitative estimate of drug-likeness (QED) is 0.668. The second-order valence-corrected chi connectivity index (χ2v) is 2.73. The minimum absolute atomic E-state index is 0.157. The second kappa shape index (κ2) is 9.82. The molecule has 92 valence electrons. The molecule has 2 amide bonds. The van der Waals surface area contributed by atoms with Gasteiger partial charge in [-0.15, -0.1) is 0 Å². The number of nitrogens with one attached hydrogen (secondary N) is 2. The molecule has 0 unspecified atom stereocenters. The first-order valence-electron chi connectivity index (χ1n) is 5.16. The van der Waals surface area contributed by atoms with Crippen LogP contribution in [0.3, 0.4) is 0 Å². The summed E-state index contributed by atoms with van der Waals surface area (Å²) in [5, 5.41) is 4.96. The van der Waals surface area contributed by atoms with E-state index in [2.05, 4.69) is 10.6 Å². The third kappa shape index (κ3) is 8.86. The highest BCUT2D eigenvalue weighted by Crippen LogP contribution is 1.83. The average molecular weight is 230 g/mol. The summed E-state index contributed by atoms with van der Waals surface area (Å²) in [5.41, 5.74) is 0. The lowest BCUT2D eigenvalue weighted by atomic mass is 10.5. The van der Waals surface area contributed by atoms with Crippen LogP contribution in [0.1, 0.15) is 13.8 Å². The van der Waals surface area contributed by atoms with Crippen molar-refractivity contribution in [1.29, 1.82) is 0 Å². The van der Waals surface area contributed by atoms with Gasteiger partial charge >= 0.3 is 12.2 Å². The molecule has 0 rings (SSSR count). The van der Waals surface area contributed by atoms with Crippen molar-refractivity contribution in [3.63, 3.8) is 0 Å². The number of hydrogen-bond donors (Lipinski definition) is 2. The Balaban J connectivity index is 3.41. The van der Waals surface area contributed by atoms with Gasteiger partial charge in [0.05, 0.1) is 0 Å². The van der Waals surface area contributed by atoms with Crippen molar-refractivity contribution < 1.29 is 19.1 Å². The number of ether oxygens (including phenoxy) is 2. The van der Waals surface area contributed by atoms with E-state index in [1.54, 1.807) is 26.0 Å². The number of hydrogen-bond acceptors (Lipinski definition) is 4. The van der Waals surface area contributed by atoms with Crippen molar-refractivity contribution in [1.82, 2.24) is 10.6 Å². The molecule has 0 saturated heterocycles. The number of carbonyl (C=O) groups excluding carboxylic acids is 2. The highest BCUT2D eigenvalue weighted by molar-refractivity contribution is 5.67. The largest absolute Gasteiger partial charge is 0.445 e. The van der Waals surface area contributed by atoms with Gasteiger partial charge in [-0.1, -0.05) is 0 Å². The molecule has 6 nitrogen and oxygen atoms in total. The minimum atomic E-state index is -0.461. The molecule has 0 aliphatic rings. The van der Waals surface area contributed by atoms with Crippen LogP contribution in [-0.2, 0) is 9.47 Å². The molecule has 6 heteroatoms. The van der Waals surface area contributed by atoms with Gasteiger partial charge in [0.15, 0.2) is 0 Å². The summed E-state index contributed by atoms with van der Waals surface area (Å²) in [4.78, 5) is 21.6. The first-order valence-corrected chi connectivity index (χ1v) is 5.16. The zero-order valence-corrected chi connectivity index (χ0v) is 9.62. The van der Waals surface area contributed by atoms with Crippen molar-refractivity contribution in [2.75, 3.05) is 26.3 Å². The van der Waals surface area contributed by atoms with Crippen LogP contribution in [0.4, 0.5) is 9.59 Å². The highest BCUT2D eigenvalue weighted by atomic mass is 16.6. The van der Waals surface area contributed by atoms with Crippen molar-refractivity contribution in [3.8, 4) is 0 Å². The van der Waals surface area contributed by atoms with Crippen molar-refractivity contribution >= 4 is 12.2 Å². The molecule has 16 heavy (non-hydrogen) atoms. The lowest BCUT2D eigenvalue weighted by molar-refractivity contribution is 0.154. The topological polar surface area (TPSA) is 76.7 Å². The van der Waals surface area contributed by atoms with Crippen molar-refractivity contribution in [3.05, 3.63) is 12.2 Å². The molecule has 0 radical (unpaired) electrons. The molecule has 0 aromatic heterocycles. The molecular weight excluding hydrogens is 212 g/mol. The summed E-state index contributed by atoms with van der Waals surface area (Å²) in [5.74, 6) is 0. The first kappa shape index (κ1) is 14.3. The predicted octanol–water partition coefficient (Wildman–Crippen LogP) is 1.03. The van der Waals surface area contributed by atoms with Gasteiger partial charge in [0.25, 0.3) is 0 Å². The molecule has 0 aliphatic carbocycles. The molecule has 0 fully saturated rings. The Labute approximate surface area is 95.0 Å². The lowest BCUT2D eigenvalue weighted by Crippen LogP contribution is -2.24. The molecule has 0 aromatic carbocycles. The standard InChI is InChI=1S/C10H18N2O4/c1-3-11-9(13)15-7-5-6-8-16-10(14)12-4-2/h5-6H,3-4,7-8H2,1-2H3,(H,11,13)(H,12,14). The minimum Gasteiger partial charge on any atom is -0.445 e. The summed E-state index contributed by atoms with van der Waals surface area (Å²) in [7, 11) is 0. The second-order valence-electron chi connectivity index (χ2n) is 2.73. The Morgan fingerprint density at radius 3 is 1.62 bits per heavy atom. The van der Waals surface area contributed by atoms with Crippen LogP contribution in [0.15, 0.2) is 12.2 Å². The van der Waals surface area contributed by atoms with Crippen LogP contribution in [-0.4, -0.2) is 38.5 Å². The van der Waals surface area contributed by atoms with E-state index in [1.165, 1.54) is 0 Å². The molecule has 0 spiro atoms. The summed E-state index contributed by atoms with van der Waals surface area (Å²) < 4.78 is 9.49. The Hall–Kier alpha value is -1.72. The van der Waals surface area contributed by atoms with E-state index < -0.39 is 12.2 Å². The fraction of sp³-hybridized carbons (Fsp3) is 0.600. The third-order valence-electron chi connectivity index (χ3n) is 1.43. The van der Waals surface area contributed by atoms with Crippen LogP contribution < -0.4 is 10.6 Å². The Bertz CT molecular complexity index is 217. The van der Waals surface area contributed by atoms with Crippen LogP contribution in [0, 0.1) is 0 Å². The SMILES string of the molecule is CCNC(=O)OCC=CCOC(=O)NCC. The zero-order chi connectivity index (χ0) is 12.2. The number of carbonyl (C=O) groups is 2. The third-order valence-corrected chi connectivity index (χ3v) is 1.43. The van der Waals surface area contributed by atoms with Crippen LogP contribution in [0.25, 0.3) is 0 Å². The van der Waals surface area contributed by atoms with Crippen molar-refractivity contribution in [2.45, 2.75) is 13.8 Å². The van der Waals surface area contributed by atoms with Crippen LogP contribution >= 0.6 is 0 Å². The Kier molecular flexibility index (Phi) is 8.76. The van der Waals surface area contributed by atoms with Gasteiger partial charge in [0.1, 0.15) is 13.2 Å². The zero-order valence-electron chi connectivity index (χ0n) is 9.62. The van der Waals surface area contributed by atoms with Gasteiger partial charge in [-0.05, 0) is 26.0 Å². The van der Waals surface area contributed by atoms with E-state index in [1.807, 2.05) is 0 Å². The number of amides is 2. The molecule has 0 bridgehead atoms. The summed E-state index contributed by atoms with van der Waals surface area (Å²) in [6.07, 6.45) is 2.29. The maximum absolute atomic E-state index is 10.8. The fourth-order valence-corrected chi connectivity index (χ4v) is 0.774. The van der Waals surface area contributed by atoms with E-state index >= 15 is 0 Å². The van der Waals surface area contributed by atoms with Gasteiger partial charge in [-0.2, -0.15) is 0 Å². The van der Waals surface area contributed by atoms with E-state index in [0.717, 1.165) is 0 Å². The van der Waals surface area contributed by atoms with E-state index in [0.29, 0.717) is 13.1 Å². The van der Waals surface area contributed by atoms with Gasteiger partial charge < -0.3 is 20.1 Å². The smallest absolute Gasteiger partial charge is 0.407 e. The van der Waals surface area contributed by atoms with E-state index in [4.69, 9.17) is 9.47 Å².